The van der Waals surface area contributed by atoms with E-state index in [2.05, 4.69) is 10.2 Å². The van der Waals surface area contributed by atoms with E-state index in [1.165, 1.54) is 10.4 Å². The molecule has 4 heteroatoms. The number of hydrogen-bond donors (Lipinski definition) is 0. The lowest BCUT2D eigenvalue weighted by molar-refractivity contribution is 0.351. The minimum absolute atomic E-state index is 0.0692. The highest BCUT2D eigenvalue weighted by atomic mass is 16.3. The zero-order valence-electron chi connectivity index (χ0n) is 11.1. The Labute approximate surface area is 111 Å². The van der Waals surface area contributed by atoms with E-state index in [4.69, 9.17) is 0 Å². The molecule has 19 heavy (non-hydrogen) atoms. The van der Waals surface area contributed by atoms with Gasteiger partial charge < -0.3 is 0 Å². The van der Waals surface area contributed by atoms with Crippen LogP contribution in [0.25, 0.3) is 16.7 Å². The van der Waals surface area contributed by atoms with Crippen molar-refractivity contribution in [2.24, 2.45) is 0 Å². The van der Waals surface area contributed by atoms with Crippen molar-refractivity contribution >= 4 is 11.0 Å². The fourth-order valence-electron chi connectivity index (χ4n) is 2.10. The summed E-state index contributed by atoms with van der Waals surface area (Å²) >= 11 is 0. The third kappa shape index (κ3) is 1.85. The summed E-state index contributed by atoms with van der Waals surface area (Å²) in [5, 5.41) is 20.7. The summed E-state index contributed by atoms with van der Waals surface area (Å²) in [4.78, 5) is 1.44. The standard InChI is InChI=1S/C15H14N3O/c1-9-4-7-14(19)13(8-9)18-16-12-6-5-10(2)11(3)15(12)17-18/h4-8H,1-3H3. The molecule has 0 amide bonds. The topological polar surface area (TPSA) is 50.6 Å². The molecule has 3 rings (SSSR count). The van der Waals surface area contributed by atoms with Gasteiger partial charge in [0.25, 0.3) is 0 Å². The maximum atomic E-state index is 11.9. The summed E-state index contributed by atoms with van der Waals surface area (Å²) in [5.41, 5.74) is 5.44. The smallest absolute Gasteiger partial charge is 0.206 e. The first-order chi connectivity index (χ1) is 9.06. The number of aromatic nitrogens is 3. The van der Waals surface area contributed by atoms with E-state index in [1.54, 1.807) is 12.1 Å². The molecule has 1 radical (unpaired) electrons. The predicted molar refractivity (Wildman–Crippen MR) is 73.2 cm³/mol. The van der Waals surface area contributed by atoms with E-state index in [9.17, 15) is 5.11 Å². The van der Waals surface area contributed by atoms with Gasteiger partial charge in [-0.3, -0.25) is 5.11 Å². The van der Waals surface area contributed by atoms with Gasteiger partial charge in [0.15, 0.2) is 0 Å². The highest BCUT2D eigenvalue weighted by Gasteiger charge is 2.12. The van der Waals surface area contributed by atoms with Crippen molar-refractivity contribution in [1.82, 2.24) is 15.0 Å². The summed E-state index contributed by atoms with van der Waals surface area (Å²) in [6.45, 7) is 6.01. The number of benzene rings is 2. The van der Waals surface area contributed by atoms with Crippen molar-refractivity contribution in [3.8, 4) is 11.4 Å². The van der Waals surface area contributed by atoms with Crippen LogP contribution in [0.5, 0.6) is 5.75 Å². The minimum Gasteiger partial charge on any atom is -0.287 e. The quantitative estimate of drug-likeness (QED) is 0.665. The monoisotopic (exact) mass is 252 g/mol. The van der Waals surface area contributed by atoms with Crippen LogP contribution in [0.15, 0.2) is 30.3 Å². The van der Waals surface area contributed by atoms with Gasteiger partial charge in [-0.05, 0) is 55.7 Å². The molecule has 3 aromatic rings. The van der Waals surface area contributed by atoms with Crippen molar-refractivity contribution in [2.75, 3.05) is 0 Å². The number of nitrogens with zero attached hydrogens (tertiary/aromatic N) is 3. The average molecular weight is 252 g/mol. The second-order valence-corrected chi connectivity index (χ2v) is 4.84. The van der Waals surface area contributed by atoms with Crippen LogP contribution in [0, 0.1) is 20.8 Å². The molecule has 0 N–H and O–H groups in total. The first-order valence-corrected chi connectivity index (χ1v) is 6.17. The molecule has 95 valence electrons. The molecule has 0 saturated carbocycles. The largest absolute Gasteiger partial charge is 0.287 e. The molecule has 0 bridgehead atoms. The van der Waals surface area contributed by atoms with Crippen molar-refractivity contribution in [3.05, 3.63) is 47.0 Å². The second kappa shape index (κ2) is 4.09. The van der Waals surface area contributed by atoms with Crippen molar-refractivity contribution < 1.29 is 5.11 Å². The Morgan fingerprint density at radius 1 is 1.00 bits per heavy atom. The van der Waals surface area contributed by atoms with E-state index < -0.39 is 0 Å². The van der Waals surface area contributed by atoms with Crippen LogP contribution in [0.1, 0.15) is 16.7 Å². The first-order valence-electron chi connectivity index (χ1n) is 6.17. The lowest BCUT2D eigenvalue weighted by Crippen LogP contribution is -1.99. The summed E-state index contributed by atoms with van der Waals surface area (Å²) in [6.07, 6.45) is 0. The normalized spacial score (nSPS) is 11.1. The molecule has 0 atom stereocenters. The lowest BCUT2D eigenvalue weighted by Gasteiger charge is -2.01. The number of rotatable bonds is 1. The van der Waals surface area contributed by atoms with Gasteiger partial charge in [0.05, 0.1) is 0 Å². The third-order valence-corrected chi connectivity index (χ3v) is 3.41. The maximum absolute atomic E-state index is 11.9. The summed E-state index contributed by atoms with van der Waals surface area (Å²) in [7, 11) is 0. The minimum atomic E-state index is -0.0692. The predicted octanol–water partition coefficient (Wildman–Crippen LogP) is 3.49. The van der Waals surface area contributed by atoms with Crippen molar-refractivity contribution in [2.45, 2.75) is 20.8 Å². The summed E-state index contributed by atoms with van der Waals surface area (Å²) in [5.74, 6) is -0.0692. The molecule has 0 aliphatic carbocycles. The molecule has 0 fully saturated rings. The number of aryl methyl sites for hydroxylation is 3. The zero-order valence-corrected chi connectivity index (χ0v) is 11.1. The van der Waals surface area contributed by atoms with Crippen LogP contribution in [-0.4, -0.2) is 15.0 Å². The summed E-state index contributed by atoms with van der Waals surface area (Å²) < 4.78 is 0. The highest BCUT2D eigenvalue weighted by molar-refractivity contribution is 5.78. The van der Waals surface area contributed by atoms with Gasteiger partial charge in [-0.25, -0.2) is 0 Å². The van der Waals surface area contributed by atoms with E-state index in [1.807, 2.05) is 39.0 Å². The highest BCUT2D eigenvalue weighted by Crippen LogP contribution is 2.24. The Balaban J connectivity index is 2.26. The Morgan fingerprint density at radius 3 is 2.58 bits per heavy atom. The van der Waals surface area contributed by atoms with Crippen molar-refractivity contribution in [3.63, 3.8) is 0 Å². The first kappa shape index (κ1) is 11.7. The third-order valence-electron chi connectivity index (χ3n) is 3.41. The van der Waals surface area contributed by atoms with Crippen LogP contribution >= 0.6 is 0 Å². The Hall–Kier alpha value is -2.36. The van der Waals surface area contributed by atoms with Crippen LogP contribution < -0.4 is 0 Å². The van der Waals surface area contributed by atoms with Crippen molar-refractivity contribution in [1.29, 1.82) is 0 Å². The molecule has 0 aliphatic rings. The van der Waals surface area contributed by atoms with Crippen LogP contribution in [0.3, 0.4) is 0 Å². The van der Waals surface area contributed by atoms with Gasteiger partial charge in [-0.1, -0.05) is 12.1 Å². The molecule has 0 unspecified atom stereocenters. The van der Waals surface area contributed by atoms with Crippen LogP contribution in [-0.2, 0) is 5.11 Å². The Bertz CT molecular complexity index is 774. The number of hydrogen-bond acceptors (Lipinski definition) is 2. The second-order valence-electron chi connectivity index (χ2n) is 4.84. The molecular weight excluding hydrogens is 238 g/mol. The van der Waals surface area contributed by atoms with Gasteiger partial charge in [-0.2, -0.15) is 0 Å². The molecule has 1 aromatic heterocycles. The SMILES string of the molecule is Cc1ccc([O])c(-n2nc3ccc(C)c(C)c3n2)c1. The molecule has 1 heterocycles. The van der Waals surface area contributed by atoms with Crippen LogP contribution in [0.2, 0.25) is 0 Å². The molecule has 2 aromatic carbocycles. The average Bonchev–Trinajstić information content (AvgIpc) is 2.81. The zero-order chi connectivity index (χ0) is 13.6. The van der Waals surface area contributed by atoms with E-state index >= 15 is 0 Å². The fraction of sp³-hybridized carbons (Fsp3) is 0.200. The number of fused-ring (bicyclic) bond motifs is 1. The van der Waals surface area contributed by atoms with Gasteiger partial charge >= 0.3 is 0 Å². The molecule has 0 aliphatic heterocycles. The van der Waals surface area contributed by atoms with Gasteiger partial charge in [0, 0.05) is 0 Å². The van der Waals surface area contributed by atoms with Gasteiger partial charge in [-0.15, -0.1) is 15.0 Å². The van der Waals surface area contributed by atoms with Gasteiger partial charge in [0.1, 0.15) is 16.7 Å². The van der Waals surface area contributed by atoms with E-state index in [0.717, 1.165) is 22.2 Å². The van der Waals surface area contributed by atoms with E-state index in [0.29, 0.717) is 5.69 Å². The van der Waals surface area contributed by atoms with Crippen LogP contribution in [0.4, 0.5) is 0 Å². The van der Waals surface area contributed by atoms with E-state index in [-0.39, 0.29) is 5.75 Å². The Morgan fingerprint density at radius 2 is 1.79 bits per heavy atom. The summed E-state index contributed by atoms with van der Waals surface area (Å²) in [6, 6.07) is 9.11. The Kier molecular flexibility index (Phi) is 2.52. The molecule has 4 nitrogen and oxygen atoms in total. The molecule has 0 saturated heterocycles. The maximum Gasteiger partial charge on any atom is 0.206 e. The molecule has 0 spiro atoms. The fourth-order valence-corrected chi connectivity index (χ4v) is 2.10. The lowest BCUT2D eigenvalue weighted by atomic mass is 10.1. The van der Waals surface area contributed by atoms with Gasteiger partial charge in [0.2, 0.25) is 5.75 Å². The molecular formula is C15H14N3O.